The van der Waals surface area contributed by atoms with Gasteiger partial charge < -0.3 is 0 Å². The van der Waals surface area contributed by atoms with E-state index >= 15 is 0 Å². The van der Waals surface area contributed by atoms with Gasteiger partial charge >= 0.3 is 10.3 Å². The van der Waals surface area contributed by atoms with Crippen molar-refractivity contribution in [2.45, 2.75) is 32.6 Å². The maximum absolute atomic E-state index is 10.7. The van der Waals surface area contributed by atoms with Crippen LogP contribution in [0.5, 0.6) is 0 Å². The third-order valence-electron chi connectivity index (χ3n) is 1.25. The second kappa shape index (κ2) is 5.10. The van der Waals surface area contributed by atoms with E-state index in [0.29, 0.717) is 6.42 Å². The quantitative estimate of drug-likeness (QED) is 0.494. The van der Waals surface area contributed by atoms with E-state index in [-0.39, 0.29) is 6.42 Å². The average Bonchev–Trinajstić information content (AvgIpc) is 1.84. The molecule has 0 aromatic heterocycles. The standard InChI is InChI=1S/C6H13NO4S/c1-2-3-4-5-6(8)7-12(9,10)11/h2-5H2,1H3,(H,7,8)(H,9,10,11). The van der Waals surface area contributed by atoms with E-state index in [1.165, 1.54) is 4.72 Å². The highest BCUT2D eigenvalue weighted by molar-refractivity contribution is 7.84. The summed E-state index contributed by atoms with van der Waals surface area (Å²) in [6, 6.07) is 0. The van der Waals surface area contributed by atoms with Crippen molar-refractivity contribution in [3.05, 3.63) is 0 Å². The maximum atomic E-state index is 10.7. The highest BCUT2D eigenvalue weighted by Crippen LogP contribution is 1.98. The summed E-state index contributed by atoms with van der Waals surface area (Å²) in [6.07, 6.45) is 2.60. The molecule has 0 rings (SSSR count). The van der Waals surface area contributed by atoms with E-state index in [4.69, 9.17) is 4.55 Å². The van der Waals surface area contributed by atoms with Crippen molar-refractivity contribution in [3.8, 4) is 0 Å². The summed E-state index contributed by atoms with van der Waals surface area (Å²) < 4.78 is 29.8. The Labute approximate surface area is 72.0 Å². The van der Waals surface area contributed by atoms with Crippen LogP contribution in [0.1, 0.15) is 32.6 Å². The number of carbonyl (C=O) groups excluding carboxylic acids is 1. The van der Waals surface area contributed by atoms with Gasteiger partial charge in [-0.3, -0.25) is 9.35 Å². The minimum absolute atomic E-state index is 0.133. The van der Waals surface area contributed by atoms with Crippen LogP contribution in [0.3, 0.4) is 0 Å². The predicted octanol–water partition coefficient (Wildman–Crippen LogP) is 0.486. The molecule has 1 amide bonds. The summed E-state index contributed by atoms with van der Waals surface area (Å²) in [5.74, 6) is -0.661. The van der Waals surface area contributed by atoms with Gasteiger partial charge in [0, 0.05) is 6.42 Å². The molecular formula is C6H13NO4S. The molecule has 0 aromatic carbocycles. The Kier molecular flexibility index (Phi) is 4.84. The summed E-state index contributed by atoms with van der Waals surface area (Å²) in [6.45, 7) is 1.97. The Hall–Kier alpha value is -0.620. The zero-order chi connectivity index (χ0) is 9.61. The summed E-state index contributed by atoms with van der Waals surface area (Å²) in [5, 5.41) is 0. The van der Waals surface area contributed by atoms with Crippen molar-refractivity contribution < 1.29 is 17.8 Å². The highest BCUT2D eigenvalue weighted by Gasteiger charge is 2.08. The van der Waals surface area contributed by atoms with Gasteiger partial charge in [-0.25, -0.2) is 4.72 Å². The van der Waals surface area contributed by atoms with Crippen molar-refractivity contribution in [2.75, 3.05) is 0 Å². The number of hydrogen-bond acceptors (Lipinski definition) is 3. The van der Waals surface area contributed by atoms with Gasteiger partial charge in [0.1, 0.15) is 0 Å². The van der Waals surface area contributed by atoms with Crippen LogP contribution < -0.4 is 4.72 Å². The first-order valence-electron chi connectivity index (χ1n) is 3.73. The van der Waals surface area contributed by atoms with Crippen molar-refractivity contribution in [2.24, 2.45) is 0 Å². The fourth-order valence-electron chi connectivity index (χ4n) is 0.730. The van der Waals surface area contributed by atoms with Crippen LogP contribution in [0.4, 0.5) is 0 Å². The fraction of sp³-hybridized carbons (Fsp3) is 0.833. The number of unbranched alkanes of at least 4 members (excludes halogenated alkanes) is 2. The molecule has 0 fully saturated rings. The Morgan fingerprint density at radius 2 is 2.00 bits per heavy atom. The minimum atomic E-state index is -4.36. The first kappa shape index (κ1) is 11.4. The van der Waals surface area contributed by atoms with Gasteiger partial charge in [0.2, 0.25) is 5.91 Å². The molecule has 0 aromatic rings. The molecule has 0 radical (unpaired) electrons. The van der Waals surface area contributed by atoms with Gasteiger partial charge in [-0.15, -0.1) is 0 Å². The highest BCUT2D eigenvalue weighted by atomic mass is 32.2. The third kappa shape index (κ3) is 7.49. The molecule has 0 unspecified atom stereocenters. The van der Waals surface area contributed by atoms with Gasteiger partial charge in [-0.2, -0.15) is 8.42 Å². The largest absolute Gasteiger partial charge is 0.359 e. The van der Waals surface area contributed by atoms with Gasteiger partial charge in [0.05, 0.1) is 0 Å². The lowest BCUT2D eigenvalue weighted by Gasteiger charge is -1.99. The Balaban J connectivity index is 3.62. The van der Waals surface area contributed by atoms with Gasteiger partial charge in [-0.05, 0) is 6.42 Å². The van der Waals surface area contributed by atoms with Gasteiger partial charge in [0.25, 0.3) is 0 Å². The van der Waals surface area contributed by atoms with E-state index < -0.39 is 16.2 Å². The lowest BCUT2D eigenvalue weighted by atomic mass is 10.2. The van der Waals surface area contributed by atoms with Crippen LogP contribution in [0.2, 0.25) is 0 Å². The molecule has 0 aliphatic heterocycles. The zero-order valence-corrected chi connectivity index (χ0v) is 7.73. The SMILES string of the molecule is CCCCCC(=O)NS(=O)(=O)O. The van der Waals surface area contributed by atoms with Crippen molar-refractivity contribution in [1.82, 2.24) is 4.72 Å². The lowest BCUT2D eigenvalue weighted by molar-refractivity contribution is -0.119. The second-order valence-electron chi connectivity index (χ2n) is 2.46. The fourth-order valence-corrected chi connectivity index (χ4v) is 1.12. The van der Waals surface area contributed by atoms with E-state index in [2.05, 4.69) is 0 Å². The third-order valence-corrected chi connectivity index (χ3v) is 1.74. The molecule has 0 atom stereocenters. The van der Waals surface area contributed by atoms with Gasteiger partial charge in [-0.1, -0.05) is 19.8 Å². The molecule has 0 saturated carbocycles. The van der Waals surface area contributed by atoms with Gasteiger partial charge in [0.15, 0.2) is 0 Å². The summed E-state index contributed by atoms with van der Waals surface area (Å²) in [4.78, 5) is 10.7. The smallest absolute Gasteiger partial charge is 0.274 e. The number of amides is 1. The summed E-state index contributed by atoms with van der Waals surface area (Å²) in [5.41, 5.74) is 0. The number of rotatable bonds is 5. The topological polar surface area (TPSA) is 83.5 Å². The van der Waals surface area contributed by atoms with Crippen molar-refractivity contribution in [3.63, 3.8) is 0 Å². The molecule has 0 aliphatic rings. The Bertz CT molecular complexity index is 234. The molecule has 0 aliphatic carbocycles. The maximum Gasteiger partial charge on any atom is 0.359 e. The van der Waals surface area contributed by atoms with Crippen LogP contribution in [-0.2, 0) is 15.1 Å². The molecule has 0 saturated heterocycles. The van der Waals surface area contributed by atoms with Crippen molar-refractivity contribution in [1.29, 1.82) is 0 Å². The number of hydrogen-bond donors (Lipinski definition) is 2. The van der Waals surface area contributed by atoms with E-state index in [0.717, 1.165) is 12.8 Å². The molecule has 72 valence electrons. The Morgan fingerprint density at radius 3 is 2.42 bits per heavy atom. The molecule has 6 heteroatoms. The first-order chi connectivity index (χ1) is 5.45. The average molecular weight is 195 g/mol. The van der Waals surface area contributed by atoms with E-state index in [1.807, 2.05) is 6.92 Å². The number of nitrogens with one attached hydrogen (secondary N) is 1. The van der Waals surface area contributed by atoms with Crippen molar-refractivity contribution >= 4 is 16.2 Å². The van der Waals surface area contributed by atoms with E-state index in [1.54, 1.807) is 0 Å². The number of carbonyl (C=O) groups is 1. The normalized spacial score (nSPS) is 11.2. The molecule has 0 heterocycles. The van der Waals surface area contributed by atoms with Crippen LogP contribution >= 0.6 is 0 Å². The van der Waals surface area contributed by atoms with Crippen LogP contribution in [0.25, 0.3) is 0 Å². The summed E-state index contributed by atoms with van der Waals surface area (Å²) in [7, 11) is -4.36. The molecule has 2 N–H and O–H groups in total. The molecule has 12 heavy (non-hydrogen) atoms. The van der Waals surface area contributed by atoms with Crippen LogP contribution in [0.15, 0.2) is 0 Å². The monoisotopic (exact) mass is 195 g/mol. The van der Waals surface area contributed by atoms with E-state index in [9.17, 15) is 13.2 Å². The molecule has 0 spiro atoms. The summed E-state index contributed by atoms with van der Waals surface area (Å²) >= 11 is 0. The van der Waals surface area contributed by atoms with Crippen LogP contribution in [0, 0.1) is 0 Å². The molecular weight excluding hydrogens is 182 g/mol. The molecule has 5 nitrogen and oxygen atoms in total. The second-order valence-corrected chi connectivity index (χ2v) is 3.61. The molecule has 0 bridgehead atoms. The predicted molar refractivity (Wildman–Crippen MR) is 43.8 cm³/mol. The zero-order valence-electron chi connectivity index (χ0n) is 6.91. The first-order valence-corrected chi connectivity index (χ1v) is 5.17. The minimum Gasteiger partial charge on any atom is -0.274 e. The Morgan fingerprint density at radius 1 is 1.42 bits per heavy atom. The van der Waals surface area contributed by atoms with Crippen LogP contribution in [-0.4, -0.2) is 18.9 Å². The lowest BCUT2D eigenvalue weighted by Crippen LogP contribution is -2.29.